The number of β-amino-alcohol motifs (C(OH)–C–C–N with tert-alkyl or cyclic N) is 1. The molecule has 0 amide bonds. The van der Waals surface area contributed by atoms with Gasteiger partial charge in [-0.15, -0.1) is 0 Å². The van der Waals surface area contributed by atoms with Crippen LogP contribution in [0.15, 0.2) is 24.3 Å². The van der Waals surface area contributed by atoms with Crippen molar-refractivity contribution in [2.75, 3.05) is 20.3 Å². The number of aliphatic hydroxyl groups is 1. The number of rotatable bonds is 4. The highest BCUT2D eigenvalue weighted by Gasteiger charge is 2.34. The third-order valence-electron chi connectivity index (χ3n) is 3.64. The first-order valence-electron chi connectivity index (χ1n) is 6.87. The monoisotopic (exact) mass is 279 g/mol. The van der Waals surface area contributed by atoms with Gasteiger partial charge >= 0.3 is 5.97 Å². The molecule has 0 aromatic heterocycles. The summed E-state index contributed by atoms with van der Waals surface area (Å²) in [7, 11) is 1.62. The molecule has 2 rings (SSSR count). The van der Waals surface area contributed by atoms with Gasteiger partial charge in [-0.3, -0.25) is 4.79 Å². The van der Waals surface area contributed by atoms with Gasteiger partial charge in [-0.25, -0.2) is 0 Å². The topological polar surface area (TPSA) is 67.8 Å². The van der Waals surface area contributed by atoms with Crippen molar-refractivity contribution in [2.45, 2.75) is 31.4 Å². The van der Waals surface area contributed by atoms with E-state index in [0.717, 1.165) is 11.3 Å². The van der Waals surface area contributed by atoms with Gasteiger partial charge < -0.3 is 19.9 Å². The molecule has 5 nitrogen and oxygen atoms in total. The number of carbonyl (C=O) groups excluding carboxylic acids is 1. The average Bonchev–Trinajstić information content (AvgIpc) is 2.48. The Balaban J connectivity index is 2.09. The van der Waals surface area contributed by atoms with Crippen molar-refractivity contribution in [3.63, 3.8) is 0 Å². The Labute approximate surface area is 118 Å². The molecule has 1 fully saturated rings. The lowest BCUT2D eigenvalue weighted by molar-refractivity contribution is -0.147. The first-order valence-corrected chi connectivity index (χ1v) is 6.87. The van der Waals surface area contributed by atoms with Crippen LogP contribution in [0, 0.1) is 0 Å². The van der Waals surface area contributed by atoms with Crippen LogP contribution in [0.2, 0.25) is 0 Å². The fourth-order valence-electron chi connectivity index (χ4n) is 2.53. The number of aliphatic hydroxyl groups excluding tert-OH is 1. The van der Waals surface area contributed by atoms with Crippen LogP contribution in [-0.4, -0.2) is 43.5 Å². The Morgan fingerprint density at radius 2 is 2.10 bits per heavy atom. The van der Waals surface area contributed by atoms with Gasteiger partial charge in [0.2, 0.25) is 0 Å². The van der Waals surface area contributed by atoms with Gasteiger partial charge in [-0.05, 0) is 31.0 Å². The molecule has 0 radical (unpaired) electrons. The molecule has 3 unspecified atom stereocenters. The van der Waals surface area contributed by atoms with Gasteiger partial charge in [0.25, 0.3) is 0 Å². The van der Waals surface area contributed by atoms with E-state index in [4.69, 9.17) is 9.47 Å². The molecule has 3 atom stereocenters. The summed E-state index contributed by atoms with van der Waals surface area (Å²) in [5, 5.41) is 13.2. The van der Waals surface area contributed by atoms with Crippen LogP contribution in [0.25, 0.3) is 0 Å². The van der Waals surface area contributed by atoms with E-state index in [-0.39, 0.29) is 17.9 Å². The van der Waals surface area contributed by atoms with Crippen molar-refractivity contribution in [1.29, 1.82) is 0 Å². The van der Waals surface area contributed by atoms with Crippen molar-refractivity contribution in [3.8, 4) is 5.75 Å². The standard InChI is InChI=1S/C15H21NO4/c1-3-20-15(18)13-8-12(14(17)9-16-13)10-4-6-11(19-2)7-5-10/h4-7,12-14,16-17H,3,8-9H2,1-2H3. The highest BCUT2D eigenvalue weighted by atomic mass is 16.5. The van der Waals surface area contributed by atoms with Crippen molar-refractivity contribution in [1.82, 2.24) is 5.32 Å². The van der Waals surface area contributed by atoms with E-state index in [1.165, 1.54) is 0 Å². The Morgan fingerprint density at radius 1 is 1.40 bits per heavy atom. The highest BCUT2D eigenvalue weighted by molar-refractivity contribution is 5.76. The van der Waals surface area contributed by atoms with E-state index in [9.17, 15) is 9.90 Å². The lowest BCUT2D eigenvalue weighted by atomic mass is 9.84. The minimum atomic E-state index is -0.505. The van der Waals surface area contributed by atoms with Crippen LogP contribution < -0.4 is 10.1 Å². The predicted molar refractivity (Wildman–Crippen MR) is 74.8 cm³/mol. The van der Waals surface area contributed by atoms with Crippen LogP contribution in [0.5, 0.6) is 5.75 Å². The average molecular weight is 279 g/mol. The molecule has 1 saturated heterocycles. The number of hydrogen-bond acceptors (Lipinski definition) is 5. The first-order chi connectivity index (χ1) is 9.65. The lowest BCUT2D eigenvalue weighted by Crippen LogP contribution is -2.50. The molecule has 2 N–H and O–H groups in total. The number of methoxy groups -OCH3 is 1. The number of piperidine rings is 1. The molecule has 20 heavy (non-hydrogen) atoms. The molecule has 0 spiro atoms. The molecule has 0 aliphatic carbocycles. The van der Waals surface area contributed by atoms with Crippen molar-refractivity contribution < 1.29 is 19.4 Å². The Morgan fingerprint density at radius 3 is 2.70 bits per heavy atom. The van der Waals surface area contributed by atoms with Crippen LogP contribution in [0.3, 0.4) is 0 Å². The summed E-state index contributed by atoms with van der Waals surface area (Å²) in [5.41, 5.74) is 1.01. The second-order valence-electron chi connectivity index (χ2n) is 4.90. The summed E-state index contributed by atoms with van der Waals surface area (Å²) >= 11 is 0. The zero-order valence-corrected chi connectivity index (χ0v) is 11.8. The maximum atomic E-state index is 11.8. The van der Waals surface area contributed by atoms with Crippen LogP contribution >= 0.6 is 0 Å². The van der Waals surface area contributed by atoms with E-state index in [1.54, 1.807) is 14.0 Å². The molecule has 1 aromatic rings. The minimum absolute atomic E-state index is 0.0726. The summed E-state index contributed by atoms with van der Waals surface area (Å²) in [6.45, 7) is 2.55. The molecular weight excluding hydrogens is 258 g/mol. The van der Waals surface area contributed by atoms with Gasteiger partial charge in [-0.1, -0.05) is 12.1 Å². The van der Waals surface area contributed by atoms with Gasteiger partial charge in [-0.2, -0.15) is 0 Å². The summed E-state index contributed by atoms with van der Waals surface area (Å²) in [6.07, 6.45) is 0.0286. The molecule has 5 heteroatoms. The van der Waals surface area contributed by atoms with E-state index < -0.39 is 6.10 Å². The summed E-state index contributed by atoms with van der Waals surface area (Å²) in [4.78, 5) is 11.8. The number of hydrogen-bond donors (Lipinski definition) is 2. The zero-order chi connectivity index (χ0) is 14.5. The fraction of sp³-hybridized carbons (Fsp3) is 0.533. The highest BCUT2D eigenvalue weighted by Crippen LogP contribution is 2.29. The fourth-order valence-corrected chi connectivity index (χ4v) is 2.53. The molecule has 1 aromatic carbocycles. The molecular formula is C15H21NO4. The lowest BCUT2D eigenvalue weighted by Gasteiger charge is -2.33. The van der Waals surface area contributed by atoms with E-state index in [0.29, 0.717) is 19.6 Å². The maximum Gasteiger partial charge on any atom is 0.323 e. The summed E-state index contributed by atoms with van der Waals surface area (Å²) in [6, 6.07) is 7.23. The largest absolute Gasteiger partial charge is 0.497 e. The van der Waals surface area contributed by atoms with E-state index >= 15 is 0 Å². The number of benzene rings is 1. The number of carbonyl (C=O) groups is 1. The smallest absolute Gasteiger partial charge is 0.323 e. The maximum absolute atomic E-state index is 11.8. The molecule has 1 aliphatic heterocycles. The molecule has 110 valence electrons. The molecule has 0 bridgehead atoms. The number of ether oxygens (including phenoxy) is 2. The van der Waals surface area contributed by atoms with Crippen LogP contribution in [0.1, 0.15) is 24.8 Å². The minimum Gasteiger partial charge on any atom is -0.497 e. The Kier molecular flexibility index (Phi) is 4.98. The summed E-state index contributed by atoms with van der Waals surface area (Å²) < 4.78 is 10.2. The zero-order valence-electron chi connectivity index (χ0n) is 11.8. The third kappa shape index (κ3) is 3.29. The Hall–Kier alpha value is -1.59. The van der Waals surface area contributed by atoms with Gasteiger partial charge in [0.05, 0.1) is 19.8 Å². The van der Waals surface area contributed by atoms with Crippen LogP contribution in [-0.2, 0) is 9.53 Å². The van der Waals surface area contributed by atoms with Gasteiger partial charge in [0.1, 0.15) is 11.8 Å². The molecule has 1 heterocycles. The van der Waals surface area contributed by atoms with Crippen molar-refractivity contribution in [2.24, 2.45) is 0 Å². The molecule has 1 aliphatic rings. The SMILES string of the molecule is CCOC(=O)C1CC(c2ccc(OC)cc2)C(O)CN1. The quantitative estimate of drug-likeness (QED) is 0.807. The normalized spacial score (nSPS) is 26.1. The van der Waals surface area contributed by atoms with E-state index in [2.05, 4.69) is 5.32 Å². The van der Waals surface area contributed by atoms with E-state index in [1.807, 2.05) is 24.3 Å². The second-order valence-corrected chi connectivity index (χ2v) is 4.90. The third-order valence-corrected chi connectivity index (χ3v) is 3.64. The van der Waals surface area contributed by atoms with Gasteiger partial charge in [0.15, 0.2) is 0 Å². The van der Waals surface area contributed by atoms with Crippen LogP contribution in [0.4, 0.5) is 0 Å². The predicted octanol–water partition coefficient (Wildman–Crippen LogP) is 1.06. The second kappa shape index (κ2) is 6.72. The first kappa shape index (κ1) is 14.8. The van der Waals surface area contributed by atoms with Crippen molar-refractivity contribution >= 4 is 5.97 Å². The van der Waals surface area contributed by atoms with Gasteiger partial charge in [0, 0.05) is 12.5 Å². The molecule has 0 saturated carbocycles. The number of nitrogens with one attached hydrogen (secondary N) is 1. The summed E-state index contributed by atoms with van der Waals surface area (Å²) in [5.74, 6) is 0.452. The van der Waals surface area contributed by atoms with Crippen molar-refractivity contribution in [3.05, 3.63) is 29.8 Å². The Bertz CT molecular complexity index is 446. The number of esters is 1.